The van der Waals surface area contributed by atoms with Gasteiger partial charge in [-0.2, -0.15) is 0 Å². The number of imidazole rings is 1. The lowest BCUT2D eigenvalue weighted by molar-refractivity contribution is 0.443. The lowest BCUT2D eigenvalue weighted by Gasteiger charge is -2.22. The van der Waals surface area contributed by atoms with E-state index in [2.05, 4.69) is 66.9 Å². The molecule has 1 aliphatic carbocycles. The zero-order valence-corrected chi connectivity index (χ0v) is 15.4. The lowest BCUT2D eigenvalue weighted by atomic mass is 9.84. The van der Waals surface area contributed by atoms with E-state index >= 15 is 0 Å². The summed E-state index contributed by atoms with van der Waals surface area (Å²) in [5.41, 5.74) is 5.24. The van der Waals surface area contributed by atoms with Crippen LogP contribution in [0, 0.1) is 0 Å². The Kier molecular flexibility index (Phi) is 4.61. The Morgan fingerprint density at radius 3 is 2.40 bits per heavy atom. The van der Waals surface area contributed by atoms with E-state index < -0.39 is 0 Å². The van der Waals surface area contributed by atoms with E-state index in [9.17, 15) is 0 Å². The molecule has 1 aliphatic rings. The Balaban J connectivity index is 1.61. The SMILES string of the molecule is CC(C)c1nc2ccccc2n1Cc1ccc(C2CCCCC2)cc1. The number of aromatic nitrogens is 2. The summed E-state index contributed by atoms with van der Waals surface area (Å²) >= 11 is 0. The largest absolute Gasteiger partial charge is 0.323 e. The third kappa shape index (κ3) is 3.35. The topological polar surface area (TPSA) is 17.8 Å². The minimum absolute atomic E-state index is 0.425. The van der Waals surface area contributed by atoms with Gasteiger partial charge >= 0.3 is 0 Å². The summed E-state index contributed by atoms with van der Waals surface area (Å²) in [5.74, 6) is 2.38. The maximum Gasteiger partial charge on any atom is 0.112 e. The average molecular weight is 332 g/mol. The van der Waals surface area contributed by atoms with Gasteiger partial charge in [-0.25, -0.2) is 4.98 Å². The average Bonchev–Trinajstić information content (AvgIpc) is 3.02. The first-order valence-corrected chi connectivity index (χ1v) is 9.76. The van der Waals surface area contributed by atoms with Crippen molar-refractivity contribution in [2.24, 2.45) is 0 Å². The molecule has 4 rings (SSSR count). The number of rotatable bonds is 4. The molecule has 0 unspecified atom stereocenters. The molecule has 0 bridgehead atoms. The fourth-order valence-electron chi connectivity index (χ4n) is 4.21. The van der Waals surface area contributed by atoms with Crippen LogP contribution in [0.5, 0.6) is 0 Å². The molecule has 0 atom stereocenters. The van der Waals surface area contributed by atoms with Gasteiger partial charge in [-0.3, -0.25) is 0 Å². The van der Waals surface area contributed by atoms with Crippen LogP contribution < -0.4 is 0 Å². The summed E-state index contributed by atoms with van der Waals surface area (Å²) in [6, 6.07) is 17.8. The minimum atomic E-state index is 0.425. The van der Waals surface area contributed by atoms with Crippen LogP contribution in [0.15, 0.2) is 48.5 Å². The van der Waals surface area contributed by atoms with E-state index in [1.54, 1.807) is 0 Å². The third-order valence-electron chi connectivity index (χ3n) is 5.60. The molecule has 1 aromatic heterocycles. The standard InChI is InChI=1S/C23H28N2/c1-17(2)23-24-21-10-6-7-11-22(21)25(23)16-18-12-14-20(15-13-18)19-8-4-3-5-9-19/h6-7,10-15,17,19H,3-5,8-9,16H2,1-2H3. The van der Waals surface area contributed by atoms with Crippen LogP contribution in [0.3, 0.4) is 0 Å². The van der Waals surface area contributed by atoms with Gasteiger partial charge in [-0.15, -0.1) is 0 Å². The first-order chi connectivity index (χ1) is 12.2. The molecule has 0 aliphatic heterocycles. The monoisotopic (exact) mass is 332 g/mol. The van der Waals surface area contributed by atoms with Gasteiger partial charge in [-0.05, 0) is 42.0 Å². The Morgan fingerprint density at radius 1 is 0.960 bits per heavy atom. The van der Waals surface area contributed by atoms with Crippen molar-refractivity contribution in [3.05, 3.63) is 65.5 Å². The molecule has 2 aromatic carbocycles. The maximum absolute atomic E-state index is 4.86. The summed E-state index contributed by atoms with van der Waals surface area (Å²) in [5, 5.41) is 0. The number of para-hydroxylation sites is 2. The molecule has 1 saturated carbocycles. The molecular formula is C23H28N2. The molecule has 0 N–H and O–H groups in total. The van der Waals surface area contributed by atoms with E-state index in [0.29, 0.717) is 5.92 Å². The van der Waals surface area contributed by atoms with Crippen LogP contribution in [0.1, 0.15) is 74.7 Å². The maximum atomic E-state index is 4.86. The van der Waals surface area contributed by atoms with Crippen molar-refractivity contribution in [3.8, 4) is 0 Å². The molecule has 0 spiro atoms. The molecule has 0 amide bonds. The highest BCUT2D eigenvalue weighted by Crippen LogP contribution is 2.32. The summed E-state index contributed by atoms with van der Waals surface area (Å²) in [6.45, 7) is 5.35. The van der Waals surface area contributed by atoms with Crippen molar-refractivity contribution in [1.82, 2.24) is 9.55 Å². The molecule has 1 fully saturated rings. The Hall–Kier alpha value is -2.09. The van der Waals surface area contributed by atoms with Gasteiger partial charge in [0, 0.05) is 12.5 Å². The lowest BCUT2D eigenvalue weighted by Crippen LogP contribution is -2.07. The van der Waals surface area contributed by atoms with Gasteiger partial charge in [0.1, 0.15) is 5.82 Å². The second kappa shape index (κ2) is 7.03. The summed E-state index contributed by atoms with van der Waals surface area (Å²) < 4.78 is 2.38. The fraction of sp³-hybridized carbons (Fsp3) is 0.435. The van der Waals surface area contributed by atoms with E-state index in [0.717, 1.165) is 18.0 Å². The van der Waals surface area contributed by atoms with Crippen molar-refractivity contribution in [1.29, 1.82) is 0 Å². The first-order valence-electron chi connectivity index (χ1n) is 9.76. The molecule has 3 aromatic rings. The molecule has 0 radical (unpaired) electrons. The van der Waals surface area contributed by atoms with Crippen LogP contribution in [-0.4, -0.2) is 9.55 Å². The highest BCUT2D eigenvalue weighted by Gasteiger charge is 2.16. The molecule has 25 heavy (non-hydrogen) atoms. The number of hydrogen-bond donors (Lipinski definition) is 0. The fourth-order valence-corrected chi connectivity index (χ4v) is 4.21. The van der Waals surface area contributed by atoms with Crippen molar-refractivity contribution < 1.29 is 0 Å². The highest BCUT2D eigenvalue weighted by atomic mass is 15.1. The number of hydrogen-bond acceptors (Lipinski definition) is 1. The first kappa shape index (κ1) is 16.4. The van der Waals surface area contributed by atoms with E-state index in [1.807, 2.05) is 0 Å². The van der Waals surface area contributed by atoms with E-state index in [1.165, 1.54) is 54.6 Å². The summed E-state index contributed by atoms with van der Waals surface area (Å²) in [4.78, 5) is 4.86. The van der Waals surface area contributed by atoms with Crippen LogP contribution in [0.2, 0.25) is 0 Å². The number of fused-ring (bicyclic) bond motifs is 1. The van der Waals surface area contributed by atoms with Gasteiger partial charge in [0.2, 0.25) is 0 Å². The van der Waals surface area contributed by atoms with Crippen LogP contribution in [0.25, 0.3) is 11.0 Å². The Bertz CT molecular complexity index is 836. The van der Waals surface area contributed by atoms with Gasteiger partial charge in [0.15, 0.2) is 0 Å². The van der Waals surface area contributed by atoms with Gasteiger partial charge < -0.3 is 4.57 Å². The zero-order chi connectivity index (χ0) is 17.2. The molecule has 130 valence electrons. The molecule has 0 saturated heterocycles. The van der Waals surface area contributed by atoms with Crippen LogP contribution in [-0.2, 0) is 6.54 Å². The Labute approximate surface area is 150 Å². The summed E-state index contributed by atoms with van der Waals surface area (Å²) in [6.07, 6.45) is 6.93. The predicted molar refractivity (Wildman–Crippen MR) is 105 cm³/mol. The summed E-state index contributed by atoms with van der Waals surface area (Å²) in [7, 11) is 0. The van der Waals surface area contributed by atoms with Gasteiger partial charge in [0.05, 0.1) is 11.0 Å². The predicted octanol–water partition coefficient (Wildman–Crippen LogP) is 6.26. The van der Waals surface area contributed by atoms with Crippen molar-refractivity contribution in [3.63, 3.8) is 0 Å². The van der Waals surface area contributed by atoms with Crippen molar-refractivity contribution >= 4 is 11.0 Å². The minimum Gasteiger partial charge on any atom is -0.323 e. The normalized spacial score (nSPS) is 16.0. The quantitative estimate of drug-likeness (QED) is 0.551. The molecule has 2 nitrogen and oxygen atoms in total. The molecule has 2 heteroatoms. The Morgan fingerprint density at radius 2 is 1.68 bits per heavy atom. The van der Waals surface area contributed by atoms with Gasteiger partial charge in [0.25, 0.3) is 0 Å². The van der Waals surface area contributed by atoms with E-state index in [-0.39, 0.29) is 0 Å². The van der Waals surface area contributed by atoms with Crippen LogP contribution in [0.4, 0.5) is 0 Å². The van der Waals surface area contributed by atoms with Crippen molar-refractivity contribution in [2.45, 2.75) is 64.3 Å². The second-order valence-corrected chi connectivity index (χ2v) is 7.78. The number of benzene rings is 2. The molecule has 1 heterocycles. The highest BCUT2D eigenvalue weighted by molar-refractivity contribution is 5.76. The van der Waals surface area contributed by atoms with Crippen LogP contribution >= 0.6 is 0 Å². The van der Waals surface area contributed by atoms with Gasteiger partial charge in [-0.1, -0.05) is 69.5 Å². The number of nitrogens with zero attached hydrogens (tertiary/aromatic N) is 2. The smallest absolute Gasteiger partial charge is 0.112 e. The second-order valence-electron chi connectivity index (χ2n) is 7.78. The van der Waals surface area contributed by atoms with Crippen molar-refractivity contribution in [2.75, 3.05) is 0 Å². The third-order valence-corrected chi connectivity index (χ3v) is 5.60. The van der Waals surface area contributed by atoms with E-state index in [4.69, 9.17) is 4.98 Å². The zero-order valence-electron chi connectivity index (χ0n) is 15.4. The molecular weight excluding hydrogens is 304 g/mol.